The molecule has 2 aromatic heterocycles. The number of methoxy groups -OCH3 is 3. The molecule has 164 valence electrons. The molecular weight excluding hydrogens is 424 g/mol. The van der Waals surface area contributed by atoms with Gasteiger partial charge in [-0.15, -0.1) is 11.3 Å². The fraction of sp³-hybridized carbons (Fsp3) is 0.200. The molecule has 4 rings (SSSR count). The molecule has 0 saturated carbocycles. The Bertz CT molecular complexity index is 1210. The number of thiophene rings is 1. The number of carbonyl (C=O) groups excluding carboxylic acids is 1. The summed E-state index contributed by atoms with van der Waals surface area (Å²) in [5, 5.41) is 5.88. The molecule has 4 aromatic rings. The second-order valence-electron chi connectivity index (χ2n) is 7.07. The standard InChI is InChI=1S/C25H24N2O4S/c1-29-22-13-16(14-23(30-2)24(22)31-3)21-15-19(18-8-4-5-9-20(18)27-21)25(28)26-11-10-17-7-6-12-32-17/h4-9,12-15H,10-11H2,1-3H3,(H,26,28). The van der Waals surface area contributed by atoms with E-state index in [1.165, 1.54) is 4.88 Å². The molecule has 7 heteroatoms. The van der Waals surface area contributed by atoms with Gasteiger partial charge in [0.2, 0.25) is 5.75 Å². The molecular formula is C25H24N2O4S. The topological polar surface area (TPSA) is 69.7 Å². The van der Waals surface area contributed by atoms with Crippen LogP contribution < -0.4 is 19.5 Å². The SMILES string of the molecule is COc1cc(-c2cc(C(=O)NCCc3cccs3)c3ccccc3n2)cc(OC)c1OC. The highest BCUT2D eigenvalue weighted by Crippen LogP contribution is 2.41. The molecule has 0 aliphatic rings. The highest BCUT2D eigenvalue weighted by Gasteiger charge is 2.18. The Morgan fingerprint density at radius 2 is 1.72 bits per heavy atom. The molecule has 2 heterocycles. The van der Waals surface area contributed by atoms with Crippen molar-refractivity contribution in [1.82, 2.24) is 10.3 Å². The first-order chi connectivity index (χ1) is 15.6. The van der Waals surface area contributed by atoms with Crippen LogP contribution >= 0.6 is 11.3 Å². The van der Waals surface area contributed by atoms with E-state index in [-0.39, 0.29) is 5.91 Å². The number of ether oxygens (including phenoxy) is 3. The quantitative estimate of drug-likeness (QED) is 0.413. The zero-order chi connectivity index (χ0) is 22.5. The van der Waals surface area contributed by atoms with Crippen molar-refractivity contribution < 1.29 is 19.0 Å². The lowest BCUT2D eigenvalue weighted by molar-refractivity contribution is 0.0956. The van der Waals surface area contributed by atoms with E-state index in [0.29, 0.717) is 35.1 Å². The average Bonchev–Trinajstić information content (AvgIpc) is 3.35. The van der Waals surface area contributed by atoms with Crippen LogP contribution in [0.15, 0.2) is 60.0 Å². The molecule has 0 fully saturated rings. The third-order valence-electron chi connectivity index (χ3n) is 5.16. The number of fused-ring (bicyclic) bond motifs is 1. The van der Waals surface area contributed by atoms with Gasteiger partial charge in [-0.2, -0.15) is 0 Å². The average molecular weight is 449 g/mol. The van der Waals surface area contributed by atoms with Crippen molar-refractivity contribution in [2.75, 3.05) is 27.9 Å². The van der Waals surface area contributed by atoms with Crippen LogP contribution in [0.3, 0.4) is 0 Å². The molecule has 0 saturated heterocycles. The van der Waals surface area contributed by atoms with Crippen LogP contribution in [0, 0.1) is 0 Å². The van der Waals surface area contributed by atoms with E-state index in [2.05, 4.69) is 11.4 Å². The third kappa shape index (κ3) is 4.38. The molecule has 1 amide bonds. The van der Waals surface area contributed by atoms with Gasteiger partial charge in [0.25, 0.3) is 5.91 Å². The number of amides is 1. The largest absolute Gasteiger partial charge is 0.493 e. The lowest BCUT2D eigenvalue weighted by Gasteiger charge is -2.15. The van der Waals surface area contributed by atoms with Crippen molar-refractivity contribution in [2.24, 2.45) is 0 Å². The van der Waals surface area contributed by atoms with Gasteiger partial charge in [0.05, 0.1) is 38.1 Å². The van der Waals surface area contributed by atoms with Crippen LogP contribution in [0.25, 0.3) is 22.2 Å². The van der Waals surface area contributed by atoms with Crippen LogP contribution in [0.2, 0.25) is 0 Å². The number of nitrogens with zero attached hydrogens (tertiary/aromatic N) is 1. The monoisotopic (exact) mass is 448 g/mol. The van der Waals surface area contributed by atoms with Gasteiger partial charge in [0.15, 0.2) is 11.5 Å². The molecule has 2 aromatic carbocycles. The van der Waals surface area contributed by atoms with Gasteiger partial charge < -0.3 is 19.5 Å². The second-order valence-corrected chi connectivity index (χ2v) is 8.10. The van der Waals surface area contributed by atoms with Crippen LogP contribution in [-0.4, -0.2) is 38.8 Å². The summed E-state index contributed by atoms with van der Waals surface area (Å²) in [6, 6.07) is 17.2. The van der Waals surface area contributed by atoms with E-state index >= 15 is 0 Å². The maximum Gasteiger partial charge on any atom is 0.252 e. The van der Waals surface area contributed by atoms with Gasteiger partial charge in [-0.05, 0) is 42.1 Å². The molecule has 0 spiro atoms. The lowest BCUT2D eigenvalue weighted by atomic mass is 10.0. The molecule has 32 heavy (non-hydrogen) atoms. The fourth-order valence-electron chi connectivity index (χ4n) is 3.59. The van der Waals surface area contributed by atoms with Crippen molar-refractivity contribution in [1.29, 1.82) is 0 Å². The number of hydrogen-bond donors (Lipinski definition) is 1. The number of pyridine rings is 1. The zero-order valence-electron chi connectivity index (χ0n) is 18.2. The fourth-order valence-corrected chi connectivity index (χ4v) is 4.30. The summed E-state index contributed by atoms with van der Waals surface area (Å²) in [6.07, 6.45) is 0.798. The van der Waals surface area contributed by atoms with Crippen molar-refractivity contribution in [2.45, 2.75) is 6.42 Å². The molecule has 0 unspecified atom stereocenters. The van der Waals surface area contributed by atoms with E-state index < -0.39 is 0 Å². The predicted octanol–water partition coefficient (Wildman–Crippen LogP) is 4.96. The minimum Gasteiger partial charge on any atom is -0.493 e. The maximum atomic E-state index is 13.1. The number of hydrogen-bond acceptors (Lipinski definition) is 6. The van der Waals surface area contributed by atoms with Crippen molar-refractivity contribution in [3.8, 4) is 28.5 Å². The molecule has 0 radical (unpaired) electrons. The van der Waals surface area contributed by atoms with Gasteiger partial charge in [-0.3, -0.25) is 4.79 Å². The normalized spacial score (nSPS) is 10.7. The Balaban J connectivity index is 1.73. The number of aromatic nitrogens is 1. The molecule has 0 bridgehead atoms. The highest BCUT2D eigenvalue weighted by atomic mass is 32.1. The summed E-state index contributed by atoms with van der Waals surface area (Å²) in [7, 11) is 4.70. The van der Waals surface area contributed by atoms with E-state index in [1.807, 2.05) is 53.9 Å². The van der Waals surface area contributed by atoms with Gasteiger partial charge in [-0.25, -0.2) is 4.98 Å². The van der Waals surface area contributed by atoms with Gasteiger partial charge >= 0.3 is 0 Å². The summed E-state index contributed by atoms with van der Waals surface area (Å²) in [5.41, 5.74) is 2.72. The summed E-state index contributed by atoms with van der Waals surface area (Å²) >= 11 is 1.69. The number of para-hydroxylation sites is 1. The third-order valence-corrected chi connectivity index (χ3v) is 6.09. The predicted molar refractivity (Wildman–Crippen MR) is 127 cm³/mol. The first-order valence-corrected chi connectivity index (χ1v) is 11.0. The smallest absolute Gasteiger partial charge is 0.252 e. The Morgan fingerprint density at radius 1 is 0.969 bits per heavy atom. The van der Waals surface area contributed by atoms with E-state index in [0.717, 1.165) is 22.9 Å². The molecule has 1 N–H and O–H groups in total. The maximum absolute atomic E-state index is 13.1. The lowest BCUT2D eigenvalue weighted by Crippen LogP contribution is -2.25. The summed E-state index contributed by atoms with van der Waals surface area (Å²) in [5.74, 6) is 1.43. The van der Waals surface area contributed by atoms with Gasteiger partial charge in [0.1, 0.15) is 0 Å². The Kier molecular flexibility index (Phi) is 6.56. The number of benzene rings is 2. The number of nitrogens with one attached hydrogen (secondary N) is 1. The first kappa shape index (κ1) is 21.6. The highest BCUT2D eigenvalue weighted by molar-refractivity contribution is 7.09. The molecule has 0 aliphatic heterocycles. The minimum absolute atomic E-state index is 0.131. The molecule has 0 aliphatic carbocycles. The second kappa shape index (κ2) is 9.70. The minimum atomic E-state index is -0.131. The van der Waals surface area contributed by atoms with Crippen molar-refractivity contribution >= 4 is 28.1 Å². The van der Waals surface area contributed by atoms with Crippen molar-refractivity contribution in [3.63, 3.8) is 0 Å². The van der Waals surface area contributed by atoms with Crippen LogP contribution in [-0.2, 0) is 6.42 Å². The zero-order valence-corrected chi connectivity index (χ0v) is 19.0. The van der Waals surface area contributed by atoms with E-state index in [1.54, 1.807) is 32.7 Å². The Hall–Kier alpha value is -3.58. The summed E-state index contributed by atoms with van der Waals surface area (Å²) in [6.45, 7) is 0.565. The Morgan fingerprint density at radius 3 is 2.38 bits per heavy atom. The van der Waals surface area contributed by atoms with Gasteiger partial charge in [-0.1, -0.05) is 24.3 Å². The molecule has 6 nitrogen and oxygen atoms in total. The molecule has 0 atom stereocenters. The number of rotatable bonds is 8. The van der Waals surface area contributed by atoms with Crippen LogP contribution in [0.1, 0.15) is 15.2 Å². The van der Waals surface area contributed by atoms with Crippen LogP contribution in [0.4, 0.5) is 0 Å². The van der Waals surface area contributed by atoms with Crippen molar-refractivity contribution in [3.05, 3.63) is 70.4 Å². The van der Waals surface area contributed by atoms with Crippen LogP contribution in [0.5, 0.6) is 17.2 Å². The van der Waals surface area contributed by atoms with Gasteiger partial charge in [0, 0.05) is 22.4 Å². The van der Waals surface area contributed by atoms with E-state index in [9.17, 15) is 4.79 Å². The summed E-state index contributed by atoms with van der Waals surface area (Å²) in [4.78, 5) is 19.1. The Labute approximate surface area is 190 Å². The summed E-state index contributed by atoms with van der Waals surface area (Å²) < 4.78 is 16.4. The first-order valence-electron chi connectivity index (χ1n) is 10.2. The van der Waals surface area contributed by atoms with E-state index in [4.69, 9.17) is 19.2 Å². The number of carbonyl (C=O) groups is 1.